The smallest absolute Gasteiger partial charge is 0.406 e. The second-order valence-corrected chi connectivity index (χ2v) is 8.82. The summed E-state index contributed by atoms with van der Waals surface area (Å²) in [6.45, 7) is 0. The zero-order chi connectivity index (χ0) is 25.5. The molecule has 0 bridgehead atoms. The third-order valence-electron chi connectivity index (χ3n) is 5.13. The normalized spacial score (nSPS) is 17.9. The zero-order valence-electron chi connectivity index (χ0n) is 17.2. The van der Waals surface area contributed by atoms with Crippen LogP contribution in [-0.4, -0.2) is 28.2 Å². The lowest BCUT2D eigenvalue weighted by Crippen LogP contribution is -2.35. The Morgan fingerprint density at radius 3 is 2.29 bits per heavy atom. The van der Waals surface area contributed by atoms with Gasteiger partial charge in [-0.25, -0.2) is 4.68 Å². The SMILES string of the molecule is O=C(Nc1ccc(OC(F)(F)F)cc1)c1nn2c(c1Cl)N[C@@H](c1ccc(Br)cc1)C[C@H]2C(F)(F)F. The highest BCUT2D eigenvalue weighted by molar-refractivity contribution is 9.10. The van der Waals surface area contributed by atoms with E-state index in [1.54, 1.807) is 24.3 Å². The molecule has 2 N–H and O–H groups in total. The van der Waals surface area contributed by atoms with Gasteiger partial charge in [0.2, 0.25) is 0 Å². The molecule has 1 aromatic heterocycles. The number of carbonyl (C=O) groups is 1. The molecule has 0 aliphatic carbocycles. The van der Waals surface area contributed by atoms with E-state index in [-0.39, 0.29) is 16.5 Å². The molecule has 2 atom stereocenters. The van der Waals surface area contributed by atoms with Crippen LogP contribution >= 0.6 is 27.5 Å². The summed E-state index contributed by atoms with van der Waals surface area (Å²) in [5.74, 6) is -1.63. The lowest BCUT2D eigenvalue weighted by molar-refractivity contribution is -0.274. The lowest BCUT2D eigenvalue weighted by atomic mass is 9.97. The molecule has 0 saturated carbocycles. The van der Waals surface area contributed by atoms with Crippen LogP contribution in [0.15, 0.2) is 53.0 Å². The summed E-state index contributed by atoms with van der Waals surface area (Å²) in [4.78, 5) is 12.7. The highest BCUT2D eigenvalue weighted by atomic mass is 79.9. The van der Waals surface area contributed by atoms with Crippen molar-refractivity contribution in [2.75, 3.05) is 10.6 Å². The number of amides is 1. The topological polar surface area (TPSA) is 68.2 Å². The minimum Gasteiger partial charge on any atom is -0.406 e. The van der Waals surface area contributed by atoms with Gasteiger partial charge in [0.05, 0.1) is 6.04 Å². The third kappa shape index (κ3) is 5.67. The fraction of sp³-hybridized carbons (Fsp3) is 0.238. The average molecular weight is 584 g/mol. The Hall–Kier alpha value is -2.93. The minimum atomic E-state index is -4.88. The molecule has 186 valence electrons. The molecule has 35 heavy (non-hydrogen) atoms. The molecule has 0 spiro atoms. The average Bonchev–Trinajstić information content (AvgIpc) is 3.10. The van der Waals surface area contributed by atoms with Gasteiger partial charge in [-0.3, -0.25) is 4.79 Å². The van der Waals surface area contributed by atoms with Crippen molar-refractivity contribution in [3.8, 4) is 5.75 Å². The molecule has 0 unspecified atom stereocenters. The van der Waals surface area contributed by atoms with Crippen LogP contribution in [-0.2, 0) is 0 Å². The van der Waals surface area contributed by atoms with Gasteiger partial charge in [0.15, 0.2) is 11.7 Å². The molecule has 0 fully saturated rings. The number of fused-ring (bicyclic) bond motifs is 1. The highest BCUT2D eigenvalue weighted by Crippen LogP contribution is 2.46. The van der Waals surface area contributed by atoms with E-state index in [1.165, 1.54) is 0 Å². The first-order chi connectivity index (χ1) is 16.3. The molecular weight excluding hydrogens is 570 g/mol. The highest BCUT2D eigenvalue weighted by Gasteiger charge is 2.47. The lowest BCUT2D eigenvalue weighted by Gasteiger charge is -2.33. The summed E-state index contributed by atoms with van der Waals surface area (Å²) in [5, 5.41) is 8.76. The number of benzene rings is 2. The molecule has 0 radical (unpaired) electrons. The number of anilines is 2. The van der Waals surface area contributed by atoms with Crippen molar-refractivity contribution < 1.29 is 35.9 Å². The quantitative estimate of drug-likeness (QED) is 0.321. The molecule has 1 amide bonds. The molecule has 6 nitrogen and oxygen atoms in total. The van der Waals surface area contributed by atoms with Crippen molar-refractivity contribution in [1.82, 2.24) is 9.78 Å². The second kappa shape index (κ2) is 9.26. The molecule has 1 aliphatic heterocycles. The first kappa shape index (κ1) is 25.2. The van der Waals surface area contributed by atoms with Gasteiger partial charge in [-0.1, -0.05) is 39.7 Å². The summed E-state index contributed by atoms with van der Waals surface area (Å²) in [6.07, 6.45) is -9.95. The summed E-state index contributed by atoms with van der Waals surface area (Å²) >= 11 is 9.54. The van der Waals surface area contributed by atoms with E-state index < -0.39 is 48.4 Å². The van der Waals surface area contributed by atoms with E-state index in [4.69, 9.17) is 11.6 Å². The number of alkyl halides is 6. The van der Waals surface area contributed by atoms with Gasteiger partial charge in [-0.2, -0.15) is 18.3 Å². The molecule has 0 saturated heterocycles. The largest absolute Gasteiger partial charge is 0.573 e. The molecule has 14 heteroatoms. The van der Waals surface area contributed by atoms with E-state index in [0.717, 1.165) is 28.7 Å². The van der Waals surface area contributed by atoms with Crippen LogP contribution in [0.4, 0.5) is 37.8 Å². The van der Waals surface area contributed by atoms with Crippen LogP contribution in [0.3, 0.4) is 0 Å². The van der Waals surface area contributed by atoms with Crippen molar-refractivity contribution in [2.24, 2.45) is 0 Å². The maximum Gasteiger partial charge on any atom is 0.573 e. The first-order valence-corrected chi connectivity index (χ1v) is 11.0. The van der Waals surface area contributed by atoms with E-state index in [9.17, 15) is 31.1 Å². The number of carbonyl (C=O) groups excluding carboxylic acids is 1. The molecule has 2 aromatic carbocycles. The minimum absolute atomic E-state index is 0.0552. The van der Waals surface area contributed by atoms with Gasteiger partial charge in [-0.15, -0.1) is 13.2 Å². The fourth-order valence-electron chi connectivity index (χ4n) is 3.58. The summed E-state index contributed by atoms with van der Waals surface area (Å²) < 4.78 is 83.7. The Balaban J connectivity index is 1.60. The van der Waals surface area contributed by atoms with Gasteiger partial charge >= 0.3 is 12.5 Å². The zero-order valence-corrected chi connectivity index (χ0v) is 19.6. The maximum atomic E-state index is 13.9. The Kier molecular flexibility index (Phi) is 6.66. The van der Waals surface area contributed by atoms with Crippen LogP contribution < -0.4 is 15.4 Å². The Bertz CT molecular complexity index is 1230. The van der Waals surface area contributed by atoms with Gasteiger partial charge < -0.3 is 15.4 Å². The number of ether oxygens (including phenoxy) is 1. The van der Waals surface area contributed by atoms with E-state index >= 15 is 0 Å². The summed E-state index contributed by atoms with van der Waals surface area (Å²) in [7, 11) is 0. The standard InChI is InChI=1S/C21H14BrClF6N4O2/c22-11-3-1-10(2-4-11)14-9-15(20(24,25)26)33-18(31-14)16(23)17(32-33)19(34)30-12-5-7-13(8-6-12)35-21(27,28)29/h1-8,14-15,31H,9H2,(H,30,34)/t14-,15+/m1/s1. The Morgan fingerprint density at radius 1 is 1.09 bits per heavy atom. The van der Waals surface area contributed by atoms with Gasteiger partial charge in [0.1, 0.15) is 16.6 Å². The van der Waals surface area contributed by atoms with Crippen LogP contribution in [0.2, 0.25) is 5.02 Å². The van der Waals surface area contributed by atoms with E-state index in [0.29, 0.717) is 10.2 Å². The molecule has 1 aliphatic rings. The predicted molar refractivity (Wildman–Crippen MR) is 119 cm³/mol. The Morgan fingerprint density at radius 2 is 1.71 bits per heavy atom. The van der Waals surface area contributed by atoms with Gasteiger partial charge in [0, 0.05) is 16.6 Å². The Labute approximate surface area is 207 Å². The molecular formula is C21H14BrClF6N4O2. The summed E-state index contributed by atoms with van der Waals surface area (Å²) in [6, 6.07) is 8.09. The molecule has 4 rings (SSSR count). The summed E-state index contributed by atoms with van der Waals surface area (Å²) in [5.41, 5.74) is 0.160. The molecule has 3 aromatic rings. The monoisotopic (exact) mass is 582 g/mol. The number of nitrogens with zero attached hydrogens (tertiary/aromatic N) is 2. The van der Waals surface area contributed by atoms with Crippen LogP contribution in [0, 0.1) is 0 Å². The van der Waals surface area contributed by atoms with Crippen molar-refractivity contribution in [1.29, 1.82) is 0 Å². The van der Waals surface area contributed by atoms with Gasteiger partial charge in [-0.05, 0) is 42.0 Å². The van der Waals surface area contributed by atoms with E-state index in [1.807, 2.05) is 0 Å². The van der Waals surface area contributed by atoms with Gasteiger partial charge in [0.25, 0.3) is 5.91 Å². The van der Waals surface area contributed by atoms with E-state index in [2.05, 4.69) is 36.4 Å². The number of aromatic nitrogens is 2. The van der Waals surface area contributed by atoms with Crippen molar-refractivity contribution in [2.45, 2.75) is 31.0 Å². The number of hydrogen-bond donors (Lipinski definition) is 2. The fourth-order valence-corrected chi connectivity index (χ4v) is 4.11. The number of nitrogens with one attached hydrogen (secondary N) is 2. The number of halogens is 8. The van der Waals surface area contributed by atoms with Crippen LogP contribution in [0.1, 0.15) is 34.6 Å². The third-order valence-corrected chi connectivity index (χ3v) is 6.02. The van der Waals surface area contributed by atoms with Crippen LogP contribution in [0.5, 0.6) is 5.75 Å². The van der Waals surface area contributed by atoms with Crippen molar-refractivity contribution in [3.63, 3.8) is 0 Å². The number of rotatable bonds is 4. The predicted octanol–water partition coefficient (Wildman–Crippen LogP) is 7.11. The molecule has 2 heterocycles. The van der Waals surface area contributed by atoms with Crippen molar-refractivity contribution in [3.05, 3.63) is 69.3 Å². The second-order valence-electron chi connectivity index (χ2n) is 7.52. The maximum absolute atomic E-state index is 13.9. The van der Waals surface area contributed by atoms with Crippen molar-refractivity contribution >= 4 is 44.9 Å². The first-order valence-electron chi connectivity index (χ1n) is 9.85. The van der Waals surface area contributed by atoms with Crippen LogP contribution in [0.25, 0.3) is 0 Å². The number of hydrogen-bond acceptors (Lipinski definition) is 4.